The van der Waals surface area contributed by atoms with Crippen molar-refractivity contribution in [2.75, 3.05) is 19.4 Å². The maximum Gasteiger partial charge on any atom is 0.253 e. The van der Waals surface area contributed by atoms with Crippen LogP contribution in [0.25, 0.3) is 5.57 Å². The number of amides is 1. The van der Waals surface area contributed by atoms with E-state index in [0.29, 0.717) is 11.4 Å². The van der Waals surface area contributed by atoms with Gasteiger partial charge in [-0.2, -0.15) is 0 Å². The third-order valence-electron chi connectivity index (χ3n) is 4.21. The second-order valence-corrected chi connectivity index (χ2v) is 6.27. The number of carbonyl (C=O) groups is 1. The minimum absolute atomic E-state index is 0.0370. The number of carbonyl (C=O) groups excluding carboxylic acids is 1. The number of benzene rings is 1. The van der Waals surface area contributed by atoms with E-state index in [0.717, 1.165) is 22.6 Å². The first kappa shape index (κ1) is 16.1. The Morgan fingerprint density at radius 3 is 2.92 bits per heavy atom. The molecule has 1 atom stereocenters. The number of hydrogen-bond acceptors (Lipinski definition) is 5. The second kappa shape index (κ2) is 6.48. The fourth-order valence-corrected chi connectivity index (χ4v) is 2.97. The highest BCUT2D eigenvalue weighted by Gasteiger charge is 2.29. The fourth-order valence-electron chi connectivity index (χ4n) is 2.97. The average Bonchev–Trinajstić information content (AvgIpc) is 2.84. The van der Waals surface area contributed by atoms with E-state index in [1.807, 2.05) is 42.5 Å². The zero-order valence-corrected chi connectivity index (χ0v) is 14.5. The van der Waals surface area contributed by atoms with Crippen LogP contribution in [0.15, 0.2) is 66.7 Å². The van der Waals surface area contributed by atoms with Crippen molar-refractivity contribution >= 4 is 23.0 Å². The maximum absolute atomic E-state index is 12.4. The number of likely N-dealkylation sites (N-methyl/N-ethyl adjacent to an activating group) is 1. The van der Waals surface area contributed by atoms with E-state index in [1.54, 1.807) is 37.6 Å². The molecule has 1 unspecified atom stereocenters. The molecule has 1 aliphatic carbocycles. The van der Waals surface area contributed by atoms with Crippen molar-refractivity contribution in [3.63, 3.8) is 0 Å². The summed E-state index contributed by atoms with van der Waals surface area (Å²) in [4.78, 5) is 22.2. The summed E-state index contributed by atoms with van der Waals surface area (Å²) in [6, 6.07) is 5.87. The number of aromatic nitrogens is 2. The molecule has 2 aliphatic rings. The van der Waals surface area contributed by atoms with Crippen LogP contribution in [-0.2, 0) is 4.79 Å². The molecule has 26 heavy (non-hydrogen) atoms. The van der Waals surface area contributed by atoms with E-state index in [2.05, 4.69) is 15.3 Å². The molecule has 2 aromatic rings. The van der Waals surface area contributed by atoms with Crippen LogP contribution in [0.2, 0.25) is 0 Å². The van der Waals surface area contributed by atoms with Crippen LogP contribution in [0.3, 0.4) is 0 Å². The highest BCUT2D eigenvalue weighted by Crippen LogP contribution is 2.41. The normalized spacial score (nSPS) is 17.2. The van der Waals surface area contributed by atoms with E-state index in [-0.39, 0.29) is 12.0 Å². The Morgan fingerprint density at radius 2 is 2.15 bits per heavy atom. The molecule has 1 aromatic heterocycles. The first-order valence-corrected chi connectivity index (χ1v) is 8.27. The van der Waals surface area contributed by atoms with Gasteiger partial charge in [0.1, 0.15) is 17.7 Å². The zero-order valence-electron chi connectivity index (χ0n) is 14.5. The smallest absolute Gasteiger partial charge is 0.253 e. The minimum Gasteiger partial charge on any atom is -0.481 e. The Bertz CT molecular complexity index is 946. The summed E-state index contributed by atoms with van der Waals surface area (Å²) in [6.07, 6.45) is 12.3. The lowest BCUT2D eigenvalue weighted by atomic mass is 10.00. The van der Waals surface area contributed by atoms with Gasteiger partial charge in [-0.3, -0.25) is 9.78 Å². The number of nitrogens with one attached hydrogen (secondary N) is 1. The Balaban J connectivity index is 1.70. The van der Waals surface area contributed by atoms with Gasteiger partial charge >= 0.3 is 0 Å². The van der Waals surface area contributed by atoms with Gasteiger partial charge < -0.3 is 15.0 Å². The quantitative estimate of drug-likeness (QED) is 0.925. The van der Waals surface area contributed by atoms with Crippen molar-refractivity contribution in [1.82, 2.24) is 14.9 Å². The number of allylic oxidation sites excluding steroid dienone is 2. The van der Waals surface area contributed by atoms with Crippen LogP contribution in [0.4, 0.5) is 11.5 Å². The predicted molar refractivity (Wildman–Crippen MR) is 100 cm³/mol. The van der Waals surface area contributed by atoms with Gasteiger partial charge in [-0.25, -0.2) is 4.98 Å². The van der Waals surface area contributed by atoms with Crippen LogP contribution in [-0.4, -0.2) is 41.0 Å². The number of nitrogens with zero attached hydrogens (tertiary/aromatic N) is 3. The fraction of sp³-hybridized carbons (Fsp3) is 0.150. The highest BCUT2D eigenvalue weighted by atomic mass is 16.5. The SMILES string of the molecule is CN(C)C(=O)C1=CC=CC2Oc3ccc(Nc4cnccn4)cc3C2=C1. The van der Waals surface area contributed by atoms with Gasteiger partial charge in [0.2, 0.25) is 0 Å². The largest absolute Gasteiger partial charge is 0.481 e. The second-order valence-electron chi connectivity index (χ2n) is 6.27. The summed E-state index contributed by atoms with van der Waals surface area (Å²) in [5.41, 5.74) is 3.45. The van der Waals surface area contributed by atoms with Crippen molar-refractivity contribution in [2.24, 2.45) is 0 Å². The van der Waals surface area contributed by atoms with Crippen molar-refractivity contribution in [3.05, 3.63) is 72.2 Å². The molecule has 0 spiro atoms. The molecule has 0 radical (unpaired) electrons. The van der Waals surface area contributed by atoms with E-state index >= 15 is 0 Å². The maximum atomic E-state index is 12.4. The van der Waals surface area contributed by atoms with Crippen LogP contribution < -0.4 is 10.1 Å². The molecule has 4 rings (SSSR count). The summed E-state index contributed by atoms with van der Waals surface area (Å²) in [5, 5.41) is 3.23. The van der Waals surface area contributed by atoms with Gasteiger partial charge in [0, 0.05) is 48.9 Å². The molecule has 6 nitrogen and oxygen atoms in total. The van der Waals surface area contributed by atoms with Gasteiger partial charge in [0.25, 0.3) is 5.91 Å². The molecule has 6 heteroatoms. The number of hydrogen-bond donors (Lipinski definition) is 1. The Morgan fingerprint density at radius 1 is 1.27 bits per heavy atom. The van der Waals surface area contributed by atoms with Gasteiger partial charge in [0.15, 0.2) is 0 Å². The summed E-state index contributed by atoms with van der Waals surface area (Å²) in [7, 11) is 3.49. The van der Waals surface area contributed by atoms with Crippen LogP contribution in [0.5, 0.6) is 5.75 Å². The third kappa shape index (κ3) is 2.97. The van der Waals surface area contributed by atoms with E-state index in [9.17, 15) is 4.79 Å². The molecule has 1 amide bonds. The molecule has 0 fully saturated rings. The molecule has 2 heterocycles. The van der Waals surface area contributed by atoms with E-state index in [1.165, 1.54) is 0 Å². The first-order valence-electron chi connectivity index (χ1n) is 8.27. The molecular formula is C20H18N4O2. The van der Waals surface area contributed by atoms with Gasteiger partial charge in [-0.05, 0) is 36.4 Å². The molecular weight excluding hydrogens is 328 g/mol. The van der Waals surface area contributed by atoms with Crippen molar-refractivity contribution in [2.45, 2.75) is 6.10 Å². The summed E-state index contributed by atoms with van der Waals surface area (Å²) in [6.45, 7) is 0. The number of rotatable bonds is 3. The highest BCUT2D eigenvalue weighted by molar-refractivity contribution is 6.00. The first-order chi connectivity index (χ1) is 12.6. The monoisotopic (exact) mass is 346 g/mol. The van der Waals surface area contributed by atoms with Crippen molar-refractivity contribution in [3.8, 4) is 5.75 Å². The van der Waals surface area contributed by atoms with Crippen LogP contribution in [0, 0.1) is 0 Å². The predicted octanol–water partition coefficient (Wildman–Crippen LogP) is 2.95. The van der Waals surface area contributed by atoms with Crippen molar-refractivity contribution < 1.29 is 9.53 Å². The molecule has 0 bridgehead atoms. The lowest BCUT2D eigenvalue weighted by molar-refractivity contribution is -0.124. The van der Waals surface area contributed by atoms with Gasteiger partial charge in [-0.1, -0.05) is 6.08 Å². The van der Waals surface area contributed by atoms with E-state index in [4.69, 9.17) is 4.74 Å². The van der Waals surface area contributed by atoms with Gasteiger partial charge in [0.05, 0.1) is 6.20 Å². The Labute approximate surface area is 151 Å². The summed E-state index contributed by atoms with van der Waals surface area (Å²) < 4.78 is 6.02. The van der Waals surface area contributed by atoms with Crippen LogP contribution >= 0.6 is 0 Å². The van der Waals surface area contributed by atoms with Gasteiger partial charge in [-0.15, -0.1) is 0 Å². The molecule has 0 saturated heterocycles. The van der Waals surface area contributed by atoms with E-state index < -0.39 is 0 Å². The number of anilines is 2. The molecule has 1 aliphatic heterocycles. The Kier molecular flexibility index (Phi) is 4.01. The van der Waals surface area contributed by atoms with Crippen LogP contribution in [0.1, 0.15) is 5.56 Å². The number of fused-ring (bicyclic) bond motifs is 3. The molecule has 0 saturated carbocycles. The molecule has 1 N–H and O–H groups in total. The lowest BCUT2D eigenvalue weighted by Crippen LogP contribution is -2.22. The van der Waals surface area contributed by atoms with Crippen molar-refractivity contribution in [1.29, 1.82) is 0 Å². The summed E-state index contributed by atoms with van der Waals surface area (Å²) in [5.74, 6) is 1.43. The number of ether oxygens (including phenoxy) is 1. The standard InChI is InChI=1S/C20H18N4O2/c1-24(2)20(25)13-4-3-5-17-15(10-13)16-11-14(6-7-18(16)26-17)23-19-12-21-8-9-22-19/h3-12,17H,1-2H3,(H,22,23). The lowest BCUT2D eigenvalue weighted by Gasteiger charge is -2.11. The average molecular weight is 346 g/mol. The molecule has 130 valence electrons. The minimum atomic E-state index is -0.194. The zero-order chi connectivity index (χ0) is 18.1. The molecule has 1 aromatic carbocycles. The topological polar surface area (TPSA) is 67.3 Å². The Hall–Kier alpha value is -3.41. The third-order valence-corrected chi connectivity index (χ3v) is 4.21. The summed E-state index contributed by atoms with van der Waals surface area (Å²) >= 11 is 0.